The molecule has 0 aliphatic carbocycles. The van der Waals surface area contributed by atoms with Crippen LogP contribution in [0, 0.1) is 3.77 Å². The van der Waals surface area contributed by atoms with Gasteiger partial charge < -0.3 is 14.2 Å². The monoisotopic (exact) mass is 471 g/mol. The summed E-state index contributed by atoms with van der Waals surface area (Å²) in [4.78, 5) is 30.8. The zero-order chi connectivity index (χ0) is 18.4. The van der Waals surface area contributed by atoms with Gasteiger partial charge in [0, 0.05) is 45.3 Å². The van der Waals surface area contributed by atoms with Crippen molar-refractivity contribution in [3.8, 4) is 0 Å². The highest BCUT2D eigenvalue weighted by Gasteiger charge is 2.23. The summed E-state index contributed by atoms with van der Waals surface area (Å²) in [6.45, 7) is 5.08. The lowest BCUT2D eigenvalue weighted by molar-refractivity contribution is -0.133. The van der Waals surface area contributed by atoms with Crippen LogP contribution in [0.2, 0.25) is 0 Å². The number of nitrogens with zero attached hydrogens (tertiary/aromatic N) is 3. The Hall–Kier alpha value is -1.35. The van der Waals surface area contributed by atoms with Crippen molar-refractivity contribution in [1.29, 1.82) is 0 Å². The molecule has 2 saturated heterocycles. The Labute approximate surface area is 168 Å². The lowest BCUT2D eigenvalue weighted by Crippen LogP contribution is -2.51. The molecule has 3 heterocycles. The molecule has 3 rings (SSSR count). The Morgan fingerprint density at radius 2 is 1.65 bits per heavy atom. The molecule has 2 aliphatic rings. The lowest BCUT2D eigenvalue weighted by atomic mass is 10.2. The smallest absolute Gasteiger partial charge is 0.246 e. The molecule has 0 N–H and O–H groups in total. The fraction of sp³-hybridized carbons (Fsp3) is 0.579. The summed E-state index contributed by atoms with van der Waals surface area (Å²) < 4.78 is 6.23. The molecule has 0 saturated carbocycles. The lowest BCUT2D eigenvalue weighted by Gasteiger charge is -2.34. The summed E-state index contributed by atoms with van der Waals surface area (Å²) in [5, 5.41) is 0. The molecule has 1 aromatic rings. The summed E-state index contributed by atoms with van der Waals surface area (Å²) in [5.74, 6) is 0.915. The largest absolute Gasteiger partial charge is 0.451 e. The molecule has 7 heteroatoms. The van der Waals surface area contributed by atoms with E-state index >= 15 is 0 Å². The Morgan fingerprint density at radius 1 is 0.962 bits per heavy atom. The van der Waals surface area contributed by atoms with Crippen molar-refractivity contribution < 1.29 is 14.0 Å². The van der Waals surface area contributed by atoms with Gasteiger partial charge in [-0.15, -0.1) is 0 Å². The molecule has 142 valence electrons. The summed E-state index contributed by atoms with van der Waals surface area (Å²) in [6, 6.07) is 3.71. The molecule has 1 aromatic heterocycles. The molecule has 0 spiro atoms. The normalized spacial score (nSPS) is 19.7. The van der Waals surface area contributed by atoms with E-state index in [1.54, 1.807) is 12.2 Å². The standard InChI is InChI=1S/C19H26IN3O3/c20-17-7-5-16(26-17)6-8-18(24)23-13-11-21(12-14-23)15-19(25)22-9-3-1-2-4-10-22/h5-8H,1-4,9-15H2/b8-6+. The highest BCUT2D eigenvalue weighted by atomic mass is 127. The maximum atomic E-state index is 12.5. The van der Waals surface area contributed by atoms with Crippen molar-refractivity contribution in [2.24, 2.45) is 0 Å². The van der Waals surface area contributed by atoms with Gasteiger partial charge in [-0.3, -0.25) is 14.5 Å². The highest BCUT2D eigenvalue weighted by molar-refractivity contribution is 14.1. The first-order valence-corrected chi connectivity index (χ1v) is 10.4. The van der Waals surface area contributed by atoms with Crippen LogP contribution in [0.4, 0.5) is 0 Å². The van der Waals surface area contributed by atoms with Gasteiger partial charge in [-0.2, -0.15) is 0 Å². The van der Waals surface area contributed by atoms with Gasteiger partial charge in [0.2, 0.25) is 11.8 Å². The minimum atomic E-state index is -0.00472. The van der Waals surface area contributed by atoms with E-state index in [9.17, 15) is 9.59 Å². The molecule has 2 fully saturated rings. The van der Waals surface area contributed by atoms with Crippen LogP contribution in [-0.2, 0) is 9.59 Å². The van der Waals surface area contributed by atoms with Crippen LogP contribution >= 0.6 is 22.6 Å². The molecule has 0 unspecified atom stereocenters. The van der Waals surface area contributed by atoms with Crippen molar-refractivity contribution >= 4 is 40.5 Å². The topological polar surface area (TPSA) is 57.0 Å². The number of rotatable bonds is 4. The first-order chi connectivity index (χ1) is 12.6. The average molecular weight is 471 g/mol. The second-order valence-corrected chi connectivity index (χ2v) is 7.93. The number of carbonyl (C=O) groups excluding carboxylic acids is 2. The van der Waals surface area contributed by atoms with Crippen molar-refractivity contribution in [3.05, 3.63) is 27.7 Å². The van der Waals surface area contributed by atoms with Crippen molar-refractivity contribution in [2.75, 3.05) is 45.8 Å². The molecular weight excluding hydrogens is 445 g/mol. The second-order valence-electron chi connectivity index (χ2n) is 6.87. The summed E-state index contributed by atoms with van der Waals surface area (Å²) >= 11 is 2.10. The molecule has 2 aliphatic heterocycles. The van der Waals surface area contributed by atoms with Gasteiger partial charge in [0.25, 0.3) is 0 Å². The third-order valence-corrected chi connectivity index (χ3v) is 5.57. The Morgan fingerprint density at radius 3 is 2.27 bits per heavy atom. The zero-order valence-electron chi connectivity index (χ0n) is 15.0. The number of likely N-dealkylation sites (tertiary alicyclic amines) is 1. The third kappa shape index (κ3) is 5.57. The Balaban J connectivity index is 1.42. The molecule has 0 radical (unpaired) electrons. The molecular formula is C19H26IN3O3. The van der Waals surface area contributed by atoms with Gasteiger partial charge in [0.15, 0.2) is 3.77 Å². The minimum absolute atomic E-state index is 0.00472. The number of halogens is 1. The van der Waals surface area contributed by atoms with E-state index in [0.717, 1.165) is 42.8 Å². The number of carbonyl (C=O) groups is 2. The SMILES string of the molecule is O=C(/C=C/c1ccc(I)o1)N1CCN(CC(=O)N2CCCCCC2)CC1. The van der Waals surface area contributed by atoms with E-state index < -0.39 is 0 Å². The minimum Gasteiger partial charge on any atom is -0.451 e. The Kier molecular flexibility index (Phi) is 7.13. The van der Waals surface area contributed by atoms with Gasteiger partial charge in [0.1, 0.15) is 5.76 Å². The van der Waals surface area contributed by atoms with Gasteiger partial charge in [0.05, 0.1) is 6.54 Å². The third-order valence-electron chi connectivity index (χ3n) is 4.99. The van der Waals surface area contributed by atoms with Crippen LogP contribution < -0.4 is 0 Å². The van der Waals surface area contributed by atoms with Crippen LogP contribution in [0.1, 0.15) is 31.4 Å². The quantitative estimate of drug-likeness (QED) is 0.500. The number of piperazine rings is 1. The maximum Gasteiger partial charge on any atom is 0.246 e. The van der Waals surface area contributed by atoms with E-state index in [-0.39, 0.29) is 11.8 Å². The number of furan rings is 1. The second kappa shape index (κ2) is 9.55. The molecule has 0 aromatic carbocycles. The summed E-state index contributed by atoms with van der Waals surface area (Å²) in [6.07, 6.45) is 7.97. The highest BCUT2D eigenvalue weighted by Crippen LogP contribution is 2.13. The van der Waals surface area contributed by atoms with E-state index in [4.69, 9.17) is 4.42 Å². The van der Waals surface area contributed by atoms with E-state index in [0.29, 0.717) is 25.4 Å². The molecule has 0 bridgehead atoms. The van der Waals surface area contributed by atoms with Crippen LogP contribution in [0.3, 0.4) is 0 Å². The number of hydrogen-bond donors (Lipinski definition) is 0. The van der Waals surface area contributed by atoms with Crippen molar-refractivity contribution in [1.82, 2.24) is 14.7 Å². The van der Waals surface area contributed by atoms with E-state index in [2.05, 4.69) is 27.5 Å². The molecule has 26 heavy (non-hydrogen) atoms. The van der Waals surface area contributed by atoms with Gasteiger partial charge in [-0.25, -0.2) is 0 Å². The van der Waals surface area contributed by atoms with Crippen LogP contribution in [0.25, 0.3) is 6.08 Å². The fourth-order valence-electron chi connectivity index (χ4n) is 3.41. The van der Waals surface area contributed by atoms with Crippen LogP contribution in [0.5, 0.6) is 0 Å². The van der Waals surface area contributed by atoms with Crippen molar-refractivity contribution in [2.45, 2.75) is 25.7 Å². The first kappa shape index (κ1) is 19.4. The molecule has 0 atom stereocenters. The molecule has 2 amide bonds. The van der Waals surface area contributed by atoms with Gasteiger partial charge >= 0.3 is 0 Å². The van der Waals surface area contributed by atoms with Crippen LogP contribution in [0.15, 0.2) is 22.6 Å². The average Bonchev–Trinajstić information content (AvgIpc) is 2.89. The molecule has 6 nitrogen and oxygen atoms in total. The maximum absolute atomic E-state index is 12.5. The number of hydrogen-bond acceptors (Lipinski definition) is 4. The predicted octanol–water partition coefficient (Wildman–Crippen LogP) is 2.44. The fourth-order valence-corrected chi connectivity index (χ4v) is 3.85. The first-order valence-electron chi connectivity index (χ1n) is 9.34. The van der Waals surface area contributed by atoms with Gasteiger partial charge in [-0.1, -0.05) is 12.8 Å². The summed E-state index contributed by atoms with van der Waals surface area (Å²) in [5.41, 5.74) is 0. The zero-order valence-corrected chi connectivity index (χ0v) is 17.2. The van der Waals surface area contributed by atoms with Crippen molar-refractivity contribution in [3.63, 3.8) is 0 Å². The Bertz CT molecular complexity index is 642. The van der Waals surface area contributed by atoms with E-state index in [1.165, 1.54) is 12.8 Å². The van der Waals surface area contributed by atoms with Crippen LogP contribution in [-0.4, -0.2) is 72.3 Å². The van der Waals surface area contributed by atoms with Gasteiger partial charge in [-0.05, 0) is 53.6 Å². The van der Waals surface area contributed by atoms with E-state index in [1.807, 2.05) is 21.9 Å². The number of amides is 2. The summed E-state index contributed by atoms with van der Waals surface area (Å²) in [7, 11) is 0. The predicted molar refractivity (Wildman–Crippen MR) is 109 cm³/mol.